The smallest absolute Gasteiger partial charge is 0.191 e. The quantitative estimate of drug-likeness (QED) is 0.684. The average Bonchev–Trinajstić information content (AvgIpc) is 2.55. The van der Waals surface area contributed by atoms with E-state index in [1.54, 1.807) is 0 Å². The molecular formula is C16H20N4O. The van der Waals surface area contributed by atoms with Gasteiger partial charge in [0, 0.05) is 37.1 Å². The number of para-hydroxylation sites is 1. The number of aliphatic imine (C=N–C) groups is 1. The van der Waals surface area contributed by atoms with Gasteiger partial charge >= 0.3 is 0 Å². The molecule has 0 bridgehead atoms. The first-order valence-corrected chi connectivity index (χ1v) is 7.30. The van der Waals surface area contributed by atoms with Gasteiger partial charge in [-0.2, -0.15) is 0 Å². The predicted octanol–water partition coefficient (Wildman–Crippen LogP) is 1.42. The molecule has 3 rings (SSSR count). The summed E-state index contributed by atoms with van der Waals surface area (Å²) in [6, 6.07) is 12.3. The molecule has 21 heavy (non-hydrogen) atoms. The van der Waals surface area contributed by atoms with Crippen LogP contribution in [-0.2, 0) is 11.2 Å². The number of fused-ring (bicyclic) bond motifs is 1. The van der Waals surface area contributed by atoms with Gasteiger partial charge in [-0.25, -0.2) is 0 Å². The first-order chi connectivity index (χ1) is 10.3. The number of hydrogen-bond donors (Lipinski definition) is 1. The second-order valence-electron chi connectivity index (χ2n) is 5.08. The molecule has 110 valence electrons. The fourth-order valence-electron chi connectivity index (χ4n) is 2.42. The topological polar surface area (TPSA) is 63.7 Å². The van der Waals surface area contributed by atoms with Crippen LogP contribution in [0.4, 0.5) is 0 Å². The molecule has 0 atom stereocenters. The zero-order valence-corrected chi connectivity index (χ0v) is 12.0. The van der Waals surface area contributed by atoms with Crippen molar-refractivity contribution in [2.24, 2.45) is 10.7 Å². The lowest BCUT2D eigenvalue weighted by atomic mass is 10.2. The van der Waals surface area contributed by atoms with E-state index in [0.717, 1.165) is 49.3 Å². The molecule has 0 spiro atoms. The van der Waals surface area contributed by atoms with Crippen molar-refractivity contribution in [2.45, 2.75) is 6.42 Å². The molecule has 0 aliphatic carbocycles. The van der Waals surface area contributed by atoms with Crippen molar-refractivity contribution in [3.63, 3.8) is 0 Å². The van der Waals surface area contributed by atoms with Crippen molar-refractivity contribution in [3.8, 4) is 0 Å². The van der Waals surface area contributed by atoms with Gasteiger partial charge in [-0.3, -0.25) is 9.98 Å². The van der Waals surface area contributed by atoms with E-state index in [0.29, 0.717) is 12.5 Å². The van der Waals surface area contributed by atoms with E-state index in [9.17, 15) is 0 Å². The van der Waals surface area contributed by atoms with Gasteiger partial charge in [-0.05, 0) is 12.1 Å². The normalized spacial score (nSPS) is 16.4. The molecule has 1 aliphatic heterocycles. The fourth-order valence-corrected chi connectivity index (χ4v) is 2.42. The molecule has 1 aromatic heterocycles. The summed E-state index contributed by atoms with van der Waals surface area (Å²) in [6.07, 6.45) is 0.801. The van der Waals surface area contributed by atoms with Crippen LogP contribution in [0.1, 0.15) is 5.69 Å². The Balaban J connectivity index is 1.60. The van der Waals surface area contributed by atoms with E-state index < -0.39 is 0 Å². The third kappa shape index (κ3) is 3.49. The molecular weight excluding hydrogens is 264 g/mol. The van der Waals surface area contributed by atoms with Gasteiger partial charge < -0.3 is 15.4 Å². The molecule has 1 fully saturated rings. The van der Waals surface area contributed by atoms with E-state index in [4.69, 9.17) is 10.5 Å². The van der Waals surface area contributed by atoms with Crippen molar-refractivity contribution in [3.05, 3.63) is 42.1 Å². The van der Waals surface area contributed by atoms with Crippen LogP contribution in [0.3, 0.4) is 0 Å². The van der Waals surface area contributed by atoms with E-state index in [1.165, 1.54) is 0 Å². The average molecular weight is 284 g/mol. The van der Waals surface area contributed by atoms with E-state index in [1.807, 2.05) is 18.2 Å². The largest absolute Gasteiger partial charge is 0.378 e. The highest BCUT2D eigenvalue weighted by Crippen LogP contribution is 2.12. The SMILES string of the molecule is NC(=NCCc1ccc2ccccc2n1)N1CCOCC1. The molecule has 2 heterocycles. The number of nitrogens with zero attached hydrogens (tertiary/aromatic N) is 3. The van der Waals surface area contributed by atoms with Crippen molar-refractivity contribution in [1.82, 2.24) is 9.88 Å². The molecule has 1 aliphatic rings. The van der Waals surface area contributed by atoms with Gasteiger partial charge in [0.15, 0.2) is 5.96 Å². The Hall–Kier alpha value is -2.14. The maximum Gasteiger partial charge on any atom is 0.191 e. The first kappa shape index (κ1) is 13.8. The summed E-state index contributed by atoms with van der Waals surface area (Å²) in [6.45, 7) is 3.76. The van der Waals surface area contributed by atoms with Crippen molar-refractivity contribution in [1.29, 1.82) is 0 Å². The standard InChI is InChI=1S/C16H20N4O/c17-16(20-9-11-21-12-10-20)18-8-7-14-6-5-13-3-1-2-4-15(13)19-14/h1-6H,7-12H2,(H2,17,18). The highest BCUT2D eigenvalue weighted by molar-refractivity contribution is 5.79. The molecule has 0 amide bonds. The van der Waals surface area contributed by atoms with Gasteiger partial charge in [-0.15, -0.1) is 0 Å². The van der Waals surface area contributed by atoms with Gasteiger partial charge in [0.2, 0.25) is 0 Å². The number of ether oxygens (including phenoxy) is 1. The fraction of sp³-hybridized carbons (Fsp3) is 0.375. The minimum atomic E-state index is 0.610. The Labute approximate surface area is 124 Å². The van der Waals surface area contributed by atoms with Crippen LogP contribution >= 0.6 is 0 Å². The number of benzene rings is 1. The third-order valence-electron chi connectivity index (χ3n) is 3.63. The number of rotatable bonds is 3. The van der Waals surface area contributed by atoms with Gasteiger partial charge in [0.05, 0.1) is 18.7 Å². The molecule has 0 unspecified atom stereocenters. The van der Waals surface area contributed by atoms with Gasteiger partial charge in [-0.1, -0.05) is 24.3 Å². The second kappa shape index (κ2) is 6.54. The Morgan fingerprint density at radius 1 is 1.19 bits per heavy atom. The van der Waals surface area contributed by atoms with Crippen LogP contribution < -0.4 is 5.73 Å². The molecule has 0 saturated carbocycles. The number of morpholine rings is 1. The summed E-state index contributed by atoms with van der Waals surface area (Å²) in [5.41, 5.74) is 8.08. The maximum atomic E-state index is 6.00. The van der Waals surface area contributed by atoms with Gasteiger partial charge in [0.25, 0.3) is 0 Å². The second-order valence-corrected chi connectivity index (χ2v) is 5.08. The number of guanidine groups is 1. The van der Waals surface area contributed by atoms with Crippen LogP contribution in [0.15, 0.2) is 41.4 Å². The summed E-state index contributed by atoms with van der Waals surface area (Å²) < 4.78 is 5.30. The molecule has 5 nitrogen and oxygen atoms in total. The first-order valence-electron chi connectivity index (χ1n) is 7.30. The zero-order chi connectivity index (χ0) is 14.5. The van der Waals surface area contributed by atoms with Crippen LogP contribution in [0, 0.1) is 0 Å². The summed E-state index contributed by atoms with van der Waals surface area (Å²) in [7, 11) is 0. The molecule has 1 aromatic carbocycles. The lowest BCUT2D eigenvalue weighted by molar-refractivity contribution is 0.0674. The summed E-state index contributed by atoms with van der Waals surface area (Å²) in [4.78, 5) is 11.2. The minimum absolute atomic E-state index is 0.610. The molecule has 1 saturated heterocycles. The Morgan fingerprint density at radius 3 is 2.86 bits per heavy atom. The Bertz CT molecular complexity index is 635. The summed E-state index contributed by atoms with van der Waals surface area (Å²) in [5, 5.41) is 1.16. The van der Waals surface area contributed by atoms with Crippen LogP contribution in [-0.4, -0.2) is 48.7 Å². The summed E-state index contributed by atoms with van der Waals surface area (Å²) in [5.74, 6) is 0.610. The Kier molecular flexibility index (Phi) is 4.31. The minimum Gasteiger partial charge on any atom is -0.378 e. The highest BCUT2D eigenvalue weighted by Gasteiger charge is 2.11. The Morgan fingerprint density at radius 2 is 2.00 bits per heavy atom. The molecule has 0 radical (unpaired) electrons. The van der Waals surface area contributed by atoms with E-state index in [2.05, 4.69) is 33.1 Å². The van der Waals surface area contributed by atoms with E-state index >= 15 is 0 Å². The monoisotopic (exact) mass is 284 g/mol. The molecule has 2 N–H and O–H groups in total. The lowest BCUT2D eigenvalue weighted by Crippen LogP contribution is -2.44. The van der Waals surface area contributed by atoms with Gasteiger partial charge in [0.1, 0.15) is 0 Å². The molecule has 5 heteroatoms. The van der Waals surface area contributed by atoms with Crippen molar-refractivity contribution >= 4 is 16.9 Å². The van der Waals surface area contributed by atoms with E-state index in [-0.39, 0.29) is 0 Å². The third-order valence-corrected chi connectivity index (χ3v) is 3.63. The maximum absolute atomic E-state index is 6.00. The van der Waals surface area contributed by atoms with Crippen LogP contribution in [0.5, 0.6) is 0 Å². The number of hydrogen-bond acceptors (Lipinski definition) is 3. The lowest BCUT2D eigenvalue weighted by Gasteiger charge is -2.27. The predicted molar refractivity (Wildman–Crippen MR) is 84.3 cm³/mol. The highest BCUT2D eigenvalue weighted by atomic mass is 16.5. The molecule has 2 aromatic rings. The van der Waals surface area contributed by atoms with Crippen molar-refractivity contribution < 1.29 is 4.74 Å². The van der Waals surface area contributed by atoms with Crippen molar-refractivity contribution in [2.75, 3.05) is 32.8 Å². The number of nitrogens with two attached hydrogens (primary N) is 1. The number of aromatic nitrogens is 1. The zero-order valence-electron chi connectivity index (χ0n) is 12.0. The number of pyridine rings is 1. The van der Waals surface area contributed by atoms with Crippen LogP contribution in [0.2, 0.25) is 0 Å². The summed E-state index contributed by atoms with van der Waals surface area (Å²) >= 11 is 0. The van der Waals surface area contributed by atoms with Crippen LogP contribution in [0.25, 0.3) is 10.9 Å².